The van der Waals surface area contributed by atoms with Crippen molar-refractivity contribution in [3.8, 4) is 17.0 Å². The molecule has 0 aliphatic carbocycles. The summed E-state index contributed by atoms with van der Waals surface area (Å²) >= 11 is 0. The van der Waals surface area contributed by atoms with Crippen LogP contribution in [0.4, 0.5) is 4.39 Å². The maximum atomic E-state index is 14.0. The molecule has 110 valence electrons. The van der Waals surface area contributed by atoms with E-state index < -0.39 is 0 Å². The first kappa shape index (κ1) is 14.0. The molecule has 2 N–H and O–H groups in total. The fourth-order valence-corrected chi connectivity index (χ4v) is 2.62. The Kier molecular flexibility index (Phi) is 3.64. The summed E-state index contributed by atoms with van der Waals surface area (Å²) in [5.41, 5.74) is 8.93. The van der Waals surface area contributed by atoms with Crippen molar-refractivity contribution in [2.24, 2.45) is 5.73 Å². The number of rotatable bonds is 3. The first-order chi connectivity index (χ1) is 10.1. The van der Waals surface area contributed by atoms with Crippen LogP contribution in [-0.4, -0.2) is 17.6 Å². The van der Waals surface area contributed by atoms with Gasteiger partial charge in [0.25, 0.3) is 0 Å². The van der Waals surface area contributed by atoms with E-state index in [2.05, 4.69) is 18.8 Å². The summed E-state index contributed by atoms with van der Waals surface area (Å²) in [6.07, 6.45) is 0.374. The molecule has 3 rings (SSSR count). The van der Waals surface area contributed by atoms with Crippen molar-refractivity contribution in [1.29, 1.82) is 0 Å². The topological polar surface area (TPSA) is 48.1 Å². The molecular weight excluding hydrogens is 267 g/mol. The molecule has 0 radical (unpaired) electrons. The zero-order chi connectivity index (χ0) is 15.0. The van der Waals surface area contributed by atoms with E-state index in [1.807, 2.05) is 18.2 Å². The SMILES string of the molecule is CC(C)c1cccc(-c2ccc(F)c3c2O[C@@H](CN)C3)n1. The van der Waals surface area contributed by atoms with Gasteiger partial charge in [0, 0.05) is 29.8 Å². The lowest BCUT2D eigenvalue weighted by molar-refractivity contribution is 0.242. The molecule has 2 aromatic rings. The molecule has 1 aliphatic rings. The molecule has 21 heavy (non-hydrogen) atoms. The molecule has 0 bridgehead atoms. The van der Waals surface area contributed by atoms with E-state index in [0.29, 0.717) is 30.2 Å². The van der Waals surface area contributed by atoms with Crippen molar-refractivity contribution in [2.45, 2.75) is 32.3 Å². The number of benzene rings is 1. The van der Waals surface area contributed by atoms with Gasteiger partial charge in [-0.3, -0.25) is 4.98 Å². The Bertz CT molecular complexity index is 670. The maximum Gasteiger partial charge on any atom is 0.135 e. The van der Waals surface area contributed by atoms with Crippen molar-refractivity contribution in [1.82, 2.24) is 4.98 Å². The van der Waals surface area contributed by atoms with Crippen LogP contribution in [0, 0.1) is 5.82 Å². The van der Waals surface area contributed by atoms with Crippen LogP contribution in [-0.2, 0) is 6.42 Å². The minimum absolute atomic E-state index is 0.149. The van der Waals surface area contributed by atoms with Gasteiger partial charge in [0.1, 0.15) is 17.7 Å². The Balaban J connectivity index is 2.09. The lowest BCUT2D eigenvalue weighted by Crippen LogP contribution is -2.24. The molecule has 3 nitrogen and oxygen atoms in total. The largest absolute Gasteiger partial charge is 0.488 e. The van der Waals surface area contributed by atoms with Crippen LogP contribution < -0.4 is 10.5 Å². The van der Waals surface area contributed by atoms with Crippen molar-refractivity contribution < 1.29 is 9.13 Å². The number of nitrogens with zero attached hydrogens (tertiary/aromatic N) is 1. The summed E-state index contributed by atoms with van der Waals surface area (Å²) in [7, 11) is 0. The van der Waals surface area contributed by atoms with Crippen LogP contribution in [0.1, 0.15) is 31.0 Å². The van der Waals surface area contributed by atoms with E-state index in [0.717, 1.165) is 17.0 Å². The molecule has 1 aromatic carbocycles. The molecule has 0 saturated carbocycles. The number of halogens is 1. The smallest absolute Gasteiger partial charge is 0.135 e. The molecule has 1 aromatic heterocycles. The zero-order valence-corrected chi connectivity index (χ0v) is 12.3. The van der Waals surface area contributed by atoms with Gasteiger partial charge in [-0.15, -0.1) is 0 Å². The van der Waals surface area contributed by atoms with Crippen LogP contribution in [0.3, 0.4) is 0 Å². The van der Waals surface area contributed by atoms with Gasteiger partial charge < -0.3 is 10.5 Å². The highest BCUT2D eigenvalue weighted by Gasteiger charge is 2.28. The Labute approximate surface area is 124 Å². The monoisotopic (exact) mass is 286 g/mol. The minimum Gasteiger partial charge on any atom is -0.488 e. The average Bonchev–Trinajstić information content (AvgIpc) is 2.93. The third-order valence-corrected chi connectivity index (χ3v) is 3.82. The van der Waals surface area contributed by atoms with Crippen molar-refractivity contribution in [2.75, 3.05) is 6.54 Å². The van der Waals surface area contributed by atoms with Gasteiger partial charge in [-0.25, -0.2) is 4.39 Å². The van der Waals surface area contributed by atoms with Crippen LogP contribution in [0.5, 0.6) is 5.75 Å². The predicted octanol–water partition coefficient (Wildman–Crippen LogP) is 3.27. The standard InChI is InChI=1S/C17H19FN2O/c1-10(2)15-4-3-5-16(20-15)12-6-7-14(18)13-8-11(9-19)21-17(12)13/h3-7,10-11H,8-9,19H2,1-2H3/t11-/m1/s1. The number of aromatic nitrogens is 1. The van der Waals surface area contributed by atoms with Gasteiger partial charge in [0.15, 0.2) is 0 Å². The zero-order valence-electron chi connectivity index (χ0n) is 12.3. The van der Waals surface area contributed by atoms with Gasteiger partial charge in [-0.2, -0.15) is 0 Å². The van der Waals surface area contributed by atoms with Gasteiger partial charge in [-0.1, -0.05) is 19.9 Å². The van der Waals surface area contributed by atoms with Gasteiger partial charge in [-0.05, 0) is 30.2 Å². The first-order valence-electron chi connectivity index (χ1n) is 7.25. The number of hydrogen-bond acceptors (Lipinski definition) is 3. The van der Waals surface area contributed by atoms with E-state index in [4.69, 9.17) is 10.5 Å². The molecular formula is C17H19FN2O. The Morgan fingerprint density at radius 3 is 2.86 bits per heavy atom. The summed E-state index contributed by atoms with van der Waals surface area (Å²) in [5.74, 6) is 0.708. The predicted molar refractivity (Wildman–Crippen MR) is 80.9 cm³/mol. The molecule has 1 aliphatic heterocycles. The molecule has 0 saturated heterocycles. The summed E-state index contributed by atoms with van der Waals surface area (Å²) < 4.78 is 19.8. The second kappa shape index (κ2) is 5.45. The van der Waals surface area contributed by atoms with Gasteiger partial charge in [0.2, 0.25) is 0 Å². The quantitative estimate of drug-likeness (QED) is 0.942. The summed E-state index contributed by atoms with van der Waals surface area (Å²) in [5, 5.41) is 0. The fraction of sp³-hybridized carbons (Fsp3) is 0.353. The lowest BCUT2D eigenvalue weighted by Gasteiger charge is -2.12. The number of fused-ring (bicyclic) bond motifs is 1. The molecule has 1 atom stereocenters. The van der Waals surface area contributed by atoms with Crippen LogP contribution in [0.25, 0.3) is 11.3 Å². The Morgan fingerprint density at radius 2 is 2.14 bits per heavy atom. The average molecular weight is 286 g/mol. The minimum atomic E-state index is -0.232. The van der Waals surface area contributed by atoms with E-state index in [1.54, 1.807) is 6.07 Å². The number of pyridine rings is 1. The lowest BCUT2D eigenvalue weighted by atomic mass is 10.0. The van der Waals surface area contributed by atoms with Crippen molar-refractivity contribution in [3.05, 3.63) is 47.4 Å². The summed E-state index contributed by atoms with van der Waals surface area (Å²) in [6, 6.07) is 9.13. The Morgan fingerprint density at radius 1 is 1.33 bits per heavy atom. The van der Waals surface area contributed by atoms with Crippen LogP contribution in [0.15, 0.2) is 30.3 Å². The normalized spacial score (nSPS) is 16.9. The number of hydrogen-bond donors (Lipinski definition) is 1. The second-order valence-electron chi connectivity index (χ2n) is 5.68. The van der Waals surface area contributed by atoms with Crippen LogP contribution in [0.2, 0.25) is 0 Å². The van der Waals surface area contributed by atoms with Gasteiger partial charge >= 0.3 is 0 Å². The van der Waals surface area contributed by atoms with E-state index in [1.165, 1.54) is 6.07 Å². The second-order valence-corrected chi connectivity index (χ2v) is 5.68. The van der Waals surface area contributed by atoms with Crippen molar-refractivity contribution >= 4 is 0 Å². The number of ether oxygens (including phenoxy) is 1. The maximum absolute atomic E-state index is 14.0. The van der Waals surface area contributed by atoms with E-state index in [9.17, 15) is 4.39 Å². The van der Waals surface area contributed by atoms with Gasteiger partial charge in [0.05, 0.1) is 5.69 Å². The van der Waals surface area contributed by atoms with E-state index >= 15 is 0 Å². The molecule has 2 heterocycles. The molecule has 0 fully saturated rings. The summed E-state index contributed by atoms with van der Waals surface area (Å²) in [4.78, 5) is 4.67. The Hall–Kier alpha value is -1.94. The molecule has 0 spiro atoms. The summed E-state index contributed by atoms with van der Waals surface area (Å²) in [6.45, 7) is 4.58. The third-order valence-electron chi connectivity index (χ3n) is 3.82. The fourth-order valence-electron chi connectivity index (χ4n) is 2.62. The highest BCUT2D eigenvalue weighted by atomic mass is 19.1. The van der Waals surface area contributed by atoms with E-state index in [-0.39, 0.29) is 11.9 Å². The highest BCUT2D eigenvalue weighted by Crippen LogP contribution is 2.39. The highest BCUT2D eigenvalue weighted by molar-refractivity contribution is 5.70. The van der Waals surface area contributed by atoms with Crippen LogP contribution >= 0.6 is 0 Å². The van der Waals surface area contributed by atoms with Crippen molar-refractivity contribution in [3.63, 3.8) is 0 Å². The molecule has 0 amide bonds. The molecule has 0 unspecified atom stereocenters. The molecule has 4 heteroatoms. The third kappa shape index (κ3) is 2.51. The number of nitrogens with two attached hydrogens (primary N) is 1. The first-order valence-corrected chi connectivity index (χ1v) is 7.25.